The van der Waals surface area contributed by atoms with Crippen molar-refractivity contribution in [3.63, 3.8) is 0 Å². The third-order valence-corrected chi connectivity index (χ3v) is 5.28. The summed E-state index contributed by atoms with van der Waals surface area (Å²) in [6.45, 7) is 2.24. The Hall–Kier alpha value is -3.59. The highest BCUT2D eigenvalue weighted by molar-refractivity contribution is 7.14. The number of aromatic nitrogens is 3. The van der Waals surface area contributed by atoms with Crippen molar-refractivity contribution < 1.29 is 13.9 Å². The number of hydrogen-bond acceptors (Lipinski definition) is 6. The molecule has 0 fully saturated rings. The first kappa shape index (κ1) is 19.7. The van der Waals surface area contributed by atoms with Gasteiger partial charge in [-0.25, -0.2) is 9.37 Å². The first-order valence-corrected chi connectivity index (χ1v) is 9.99. The van der Waals surface area contributed by atoms with Crippen molar-refractivity contribution in [1.29, 1.82) is 0 Å². The summed E-state index contributed by atoms with van der Waals surface area (Å²) in [5.74, 6) is -0.554. The van der Waals surface area contributed by atoms with Crippen molar-refractivity contribution >= 4 is 33.3 Å². The number of ether oxygens (including phenoxy) is 1. The molecule has 1 amide bonds. The predicted octanol–water partition coefficient (Wildman–Crippen LogP) is 3.94. The van der Waals surface area contributed by atoms with Crippen molar-refractivity contribution in [2.45, 2.75) is 13.5 Å². The van der Waals surface area contributed by atoms with Crippen LogP contribution in [0.3, 0.4) is 0 Å². The number of nitrogens with one attached hydrogen (secondary N) is 1. The summed E-state index contributed by atoms with van der Waals surface area (Å²) >= 11 is 1.22. The molecule has 0 atom stereocenters. The molecule has 0 saturated carbocycles. The van der Waals surface area contributed by atoms with Gasteiger partial charge < -0.3 is 4.74 Å². The van der Waals surface area contributed by atoms with E-state index in [4.69, 9.17) is 4.74 Å². The Labute approximate surface area is 174 Å². The van der Waals surface area contributed by atoms with E-state index in [1.54, 1.807) is 12.5 Å². The Kier molecular flexibility index (Phi) is 5.28. The molecule has 4 aromatic rings. The minimum Gasteiger partial charge on any atom is -0.497 e. The van der Waals surface area contributed by atoms with Gasteiger partial charge in [0.25, 0.3) is 5.91 Å². The maximum atomic E-state index is 13.7. The number of thiazole rings is 1. The Morgan fingerprint density at radius 1 is 1.27 bits per heavy atom. The first-order chi connectivity index (χ1) is 14.5. The molecule has 0 bridgehead atoms. The minimum absolute atomic E-state index is 0.105. The van der Waals surface area contributed by atoms with Crippen LogP contribution in [0.4, 0.5) is 9.52 Å². The van der Waals surface area contributed by atoms with E-state index in [-0.39, 0.29) is 11.1 Å². The first-order valence-electron chi connectivity index (χ1n) is 9.12. The summed E-state index contributed by atoms with van der Waals surface area (Å²) in [4.78, 5) is 29.9. The van der Waals surface area contributed by atoms with Crippen LogP contribution in [0.5, 0.6) is 5.75 Å². The van der Waals surface area contributed by atoms with E-state index in [1.165, 1.54) is 28.2 Å². The number of fused-ring (bicyclic) bond motifs is 1. The molecule has 0 aliphatic carbocycles. The molecule has 1 N–H and O–H groups in total. The molecule has 2 aromatic heterocycles. The maximum Gasteiger partial charge on any atom is 0.281 e. The van der Waals surface area contributed by atoms with E-state index in [1.807, 2.05) is 31.2 Å². The van der Waals surface area contributed by atoms with Gasteiger partial charge in [0.1, 0.15) is 11.6 Å². The fourth-order valence-electron chi connectivity index (χ4n) is 3.05. The lowest BCUT2D eigenvalue weighted by atomic mass is 10.2. The van der Waals surface area contributed by atoms with Gasteiger partial charge in [-0.2, -0.15) is 5.10 Å². The van der Waals surface area contributed by atoms with Crippen molar-refractivity contribution in [1.82, 2.24) is 14.8 Å². The molecule has 9 heteroatoms. The largest absolute Gasteiger partial charge is 0.497 e. The van der Waals surface area contributed by atoms with Crippen LogP contribution < -0.4 is 15.5 Å². The highest BCUT2D eigenvalue weighted by Gasteiger charge is 2.19. The smallest absolute Gasteiger partial charge is 0.281 e. The lowest BCUT2D eigenvalue weighted by molar-refractivity contribution is 0.101. The number of carbonyl (C=O) groups is 1. The summed E-state index contributed by atoms with van der Waals surface area (Å²) in [6.07, 6.45) is 0. The van der Waals surface area contributed by atoms with E-state index in [9.17, 15) is 14.0 Å². The quantitative estimate of drug-likeness (QED) is 0.524. The monoisotopic (exact) mass is 424 g/mol. The van der Waals surface area contributed by atoms with Gasteiger partial charge in [-0.05, 0) is 37.3 Å². The second kappa shape index (κ2) is 8.03. The Bertz CT molecular complexity index is 1320. The molecule has 152 valence electrons. The van der Waals surface area contributed by atoms with Gasteiger partial charge in [-0.15, -0.1) is 11.3 Å². The number of amides is 1. The van der Waals surface area contributed by atoms with Gasteiger partial charge in [0.05, 0.1) is 23.7 Å². The highest BCUT2D eigenvalue weighted by atomic mass is 32.1. The highest BCUT2D eigenvalue weighted by Crippen LogP contribution is 2.27. The van der Waals surface area contributed by atoms with Crippen LogP contribution in [0.15, 0.2) is 52.6 Å². The van der Waals surface area contributed by atoms with Crippen molar-refractivity contribution in [2.24, 2.45) is 0 Å². The van der Waals surface area contributed by atoms with Crippen LogP contribution in [0, 0.1) is 5.82 Å². The molecule has 0 saturated heterocycles. The lowest BCUT2D eigenvalue weighted by Crippen LogP contribution is -2.27. The topological polar surface area (TPSA) is 86.1 Å². The fourth-order valence-corrected chi connectivity index (χ4v) is 3.77. The average Bonchev–Trinajstić information content (AvgIpc) is 3.22. The van der Waals surface area contributed by atoms with E-state index < -0.39 is 17.2 Å². The van der Waals surface area contributed by atoms with Crippen LogP contribution in [0.2, 0.25) is 0 Å². The fraction of sp³-hybridized carbons (Fsp3) is 0.143. The zero-order chi connectivity index (χ0) is 21.3. The van der Waals surface area contributed by atoms with Crippen LogP contribution in [-0.2, 0) is 6.54 Å². The maximum absolute atomic E-state index is 13.7. The van der Waals surface area contributed by atoms with Gasteiger partial charge in [0.2, 0.25) is 5.43 Å². The van der Waals surface area contributed by atoms with Crippen molar-refractivity contribution in [2.75, 3.05) is 12.4 Å². The average molecular weight is 424 g/mol. The van der Waals surface area contributed by atoms with Gasteiger partial charge in [-0.1, -0.05) is 12.1 Å². The van der Waals surface area contributed by atoms with Gasteiger partial charge in [-0.3, -0.25) is 19.6 Å². The Morgan fingerprint density at radius 3 is 2.87 bits per heavy atom. The van der Waals surface area contributed by atoms with E-state index >= 15 is 0 Å². The second-order valence-electron chi connectivity index (χ2n) is 6.38. The summed E-state index contributed by atoms with van der Waals surface area (Å²) < 4.78 is 20.4. The molecule has 0 spiro atoms. The third kappa shape index (κ3) is 3.67. The zero-order valence-electron chi connectivity index (χ0n) is 16.2. The molecule has 0 aliphatic heterocycles. The Morgan fingerprint density at radius 2 is 2.10 bits per heavy atom. The molecular formula is C21H17FN4O3S. The molecule has 0 radical (unpaired) electrons. The summed E-state index contributed by atoms with van der Waals surface area (Å²) in [6, 6.07) is 11.2. The summed E-state index contributed by atoms with van der Waals surface area (Å²) in [5, 5.41) is 8.99. The second-order valence-corrected chi connectivity index (χ2v) is 7.24. The van der Waals surface area contributed by atoms with E-state index in [0.29, 0.717) is 28.6 Å². The number of halogens is 1. The van der Waals surface area contributed by atoms with Crippen LogP contribution >= 0.6 is 11.3 Å². The number of carbonyl (C=O) groups excluding carboxylic acids is 1. The number of methoxy groups -OCH3 is 1. The molecule has 0 unspecified atom stereocenters. The van der Waals surface area contributed by atoms with E-state index in [2.05, 4.69) is 15.4 Å². The molecule has 2 heterocycles. The number of rotatable bonds is 5. The van der Waals surface area contributed by atoms with Gasteiger partial charge in [0.15, 0.2) is 10.8 Å². The molecule has 0 aliphatic rings. The number of benzene rings is 2. The van der Waals surface area contributed by atoms with Crippen molar-refractivity contribution in [3.05, 3.63) is 69.6 Å². The van der Waals surface area contributed by atoms with Gasteiger partial charge in [0, 0.05) is 17.5 Å². The third-order valence-electron chi connectivity index (χ3n) is 4.52. The van der Waals surface area contributed by atoms with Crippen LogP contribution in [0.1, 0.15) is 17.4 Å². The van der Waals surface area contributed by atoms with E-state index in [0.717, 1.165) is 11.6 Å². The molecular weight excluding hydrogens is 407 g/mol. The van der Waals surface area contributed by atoms with Crippen LogP contribution in [0.25, 0.3) is 22.2 Å². The number of nitrogens with zero attached hydrogens (tertiary/aromatic N) is 3. The normalized spacial score (nSPS) is 10.9. The molecule has 7 nitrogen and oxygen atoms in total. The molecule has 30 heavy (non-hydrogen) atoms. The Balaban J connectivity index is 1.66. The van der Waals surface area contributed by atoms with Crippen LogP contribution in [-0.4, -0.2) is 27.8 Å². The SMILES string of the molecule is CCn1nc(C(=O)Nc2nc(-c3cccc(OC)c3)cs2)c(=O)c2cc(F)ccc21. The van der Waals surface area contributed by atoms with Crippen molar-refractivity contribution in [3.8, 4) is 17.0 Å². The number of hydrogen-bond donors (Lipinski definition) is 1. The predicted molar refractivity (Wildman–Crippen MR) is 114 cm³/mol. The molecule has 4 rings (SSSR count). The number of anilines is 1. The zero-order valence-corrected chi connectivity index (χ0v) is 17.0. The summed E-state index contributed by atoms with van der Waals surface area (Å²) in [7, 11) is 1.58. The lowest BCUT2D eigenvalue weighted by Gasteiger charge is -2.09. The standard InChI is InChI=1S/C21H17FN4O3S/c1-3-26-17-8-7-13(22)10-15(17)19(27)18(25-26)20(28)24-21-23-16(11-30-21)12-5-4-6-14(9-12)29-2/h4-11H,3H2,1-2H3,(H,23,24,28). The minimum atomic E-state index is -0.695. The number of aryl methyl sites for hydroxylation is 1. The molecule has 2 aromatic carbocycles. The summed E-state index contributed by atoms with van der Waals surface area (Å²) in [5.41, 5.74) is 1.02. The van der Waals surface area contributed by atoms with Gasteiger partial charge >= 0.3 is 0 Å².